The molecule has 0 aliphatic carbocycles. The summed E-state index contributed by atoms with van der Waals surface area (Å²) in [5.74, 6) is 0. The predicted octanol–water partition coefficient (Wildman–Crippen LogP) is 5.75. The molecule has 150 valence electrons. The molecule has 0 amide bonds. The van der Waals surface area contributed by atoms with Crippen LogP contribution in [0.25, 0.3) is 11.3 Å². The van der Waals surface area contributed by atoms with Crippen molar-refractivity contribution in [3.63, 3.8) is 0 Å². The van der Waals surface area contributed by atoms with Crippen LogP contribution in [0.2, 0.25) is 0 Å². The molecule has 0 N–H and O–H groups in total. The summed E-state index contributed by atoms with van der Waals surface area (Å²) in [5, 5.41) is 6.28. The summed E-state index contributed by atoms with van der Waals surface area (Å²) in [4.78, 5) is 8.81. The van der Waals surface area contributed by atoms with Gasteiger partial charge in [-0.1, -0.05) is 48.5 Å². The average molecular weight is 424 g/mol. The molecule has 0 aliphatic heterocycles. The molecular weight excluding hydrogens is 409 g/mol. The van der Waals surface area contributed by atoms with Crippen molar-refractivity contribution >= 4 is 23.2 Å². The van der Waals surface area contributed by atoms with Crippen LogP contribution in [0.4, 0.5) is 18.9 Å². The molecule has 2 aromatic heterocycles. The highest BCUT2D eigenvalue weighted by atomic mass is 32.1. The third kappa shape index (κ3) is 4.38. The smallest absolute Gasteiger partial charge is 0.255 e. The Morgan fingerprint density at radius 3 is 2.37 bits per heavy atom. The molecule has 30 heavy (non-hydrogen) atoms. The third-order valence-electron chi connectivity index (χ3n) is 4.17. The Morgan fingerprint density at radius 2 is 1.63 bits per heavy atom. The number of nitrogens with zero attached hydrogens (tertiary/aromatic N) is 4. The van der Waals surface area contributed by atoms with E-state index in [0.717, 1.165) is 17.3 Å². The van der Waals surface area contributed by atoms with Crippen molar-refractivity contribution < 1.29 is 13.2 Å². The van der Waals surface area contributed by atoms with Crippen molar-refractivity contribution in [3.8, 4) is 11.3 Å². The SMILES string of the molecule is FC(F)(F)c1ccccc1N=c1scc(-c2ccccc2)n1N=Cc1ccccn1. The highest BCUT2D eigenvalue weighted by molar-refractivity contribution is 7.07. The molecule has 0 saturated carbocycles. The van der Waals surface area contributed by atoms with Crippen LogP contribution in [0.1, 0.15) is 11.3 Å². The maximum Gasteiger partial charge on any atom is 0.418 e. The van der Waals surface area contributed by atoms with Crippen molar-refractivity contribution in [1.82, 2.24) is 9.66 Å². The lowest BCUT2D eigenvalue weighted by atomic mass is 10.2. The van der Waals surface area contributed by atoms with Crippen molar-refractivity contribution in [2.45, 2.75) is 6.18 Å². The minimum absolute atomic E-state index is 0.159. The number of rotatable bonds is 4. The summed E-state index contributed by atoms with van der Waals surface area (Å²) in [7, 11) is 0. The van der Waals surface area contributed by atoms with E-state index in [4.69, 9.17) is 0 Å². The summed E-state index contributed by atoms with van der Waals surface area (Å²) >= 11 is 1.22. The molecule has 4 nitrogen and oxygen atoms in total. The fraction of sp³-hybridized carbons (Fsp3) is 0.0455. The molecule has 0 fully saturated rings. The van der Waals surface area contributed by atoms with E-state index in [1.54, 1.807) is 24.5 Å². The van der Waals surface area contributed by atoms with Crippen LogP contribution < -0.4 is 4.80 Å². The fourth-order valence-electron chi connectivity index (χ4n) is 2.78. The quantitative estimate of drug-likeness (QED) is 0.385. The first kappa shape index (κ1) is 19.8. The largest absolute Gasteiger partial charge is 0.418 e. The second kappa shape index (κ2) is 8.46. The number of pyridine rings is 1. The average Bonchev–Trinajstić information content (AvgIpc) is 3.15. The van der Waals surface area contributed by atoms with Crippen molar-refractivity contribution in [2.75, 3.05) is 0 Å². The van der Waals surface area contributed by atoms with Gasteiger partial charge in [0.05, 0.1) is 28.9 Å². The molecule has 2 aromatic carbocycles. The molecule has 0 unspecified atom stereocenters. The first-order valence-electron chi connectivity index (χ1n) is 8.95. The molecule has 2 heterocycles. The van der Waals surface area contributed by atoms with Crippen molar-refractivity contribution in [1.29, 1.82) is 0 Å². The van der Waals surface area contributed by atoms with E-state index in [1.807, 2.05) is 41.8 Å². The van der Waals surface area contributed by atoms with Gasteiger partial charge in [0.1, 0.15) is 0 Å². The maximum atomic E-state index is 13.4. The summed E-state index contributed by atoms with van der Waals surface area (Å²) in [5.41, 5.74) is 1.26. The van der Waals surface area contributed by atoms with E-state index in [0.29, 0.717) is 10.5 Å². The Hall–Kier alpha value is -3.52. The number of aromatic nitrogens is 2. The van der Waals surface area contributed by atoms with E-state index >= 15 is 0 Å². The van der Waals surface area contributed by atoms with Crippen LogP contribution >= 0.6 is 11.3 Å². The zero-order chi connectivity index (χ0) is 21.0. The van der Waals surface area contributed by atoms with Gasteiger partial charge in [0, 0.05) is 17.1 Å². The number of benzene rings is 2. The Labute approximate surface area is 174 Å². The summed E-state index contributed by atoms with van der Waals surface area (Å²) in [6.45, 7) is 0. The summed E-state index contributed by atoms with van der Waals surface area (Å²) in [6.07, 6.45) is -1.31. The predicted molar refractivity (Wildman–Crippen MR) is 112 cm³/mol. The second-order valence-corrected chi connectivity index (χ2v) is 7.04. The van der Waals surface area contributed by atoms with E-state index in [-0.39, 0.29) is 5.69 Å². The van der Waals surface area contributed by atoms with Crippen molar-refractivity contribution in [3.05, 3.63) is 100 Å². The number of hydrogen-bond donors (Lipinski definition) is 0. The molecule has 0 bridgehead atoms. The molecule has 0 spiro atoms. The molecule has 0 atom stereocenters. The Morgan fingerprint density at radius 1 is 0.900 bits per heavy atom. The van der Waals surface area contributed by atoms with E-state index < -0.39 is 11.7 Å². The monoisotopic (exact) mass is 424 g/mol. The van der Waals surface area contributed by atoms with Crippen molar-refractivity contribution in [2.24, 2.45) is 10.1 Å². The molecular formula is C22H15F3N4S. The number of hydrogen-bond acceptors (Lipinski definition) is 4. The van der Waals surface area contributed by atoms with E-state index in [1.165, 1.54) is 34.2 Å². The topological polar surface area (TPSA) is 42.5 Å². The van der Waals surface area contributed by atoms with Gasteiger partial charge in [0.25, 0.3) is 0 Å². The number of para-hydroxylation sites is 1. The first-order chi connectivity index (χ1) is 14.5. The van der Waals surface area contributed by atoms with Gasteiger partial charge < -0.3 is 0 Å². The number of alkyl halides is 3. The highest BCUT2D eigenvalue weighted by Gasteiger charge is 2.33. The first-order valence-corrected chi connectivity index (χ1v) is 9.82. The Balaban J connectivity index is 1.88. The lowest BCUT2D eigenvalue weighted by molar-refractivity contribution is -0.137. The third-order valence-corrected chi connectivity index (χ3v) is 4.99. The summed E-state index contributed by atoms with van der Waals surface area (Å²) < 4.78 is 41.7. The molecule has 8 heteroatoms. The molecule has 0 radical (unpaired) electrons. The van der Waals surface area contributed by atoms with Gasteiger partial charge >= 0.3 is 6.18 Å². The highest BCUT2D eigenvalue weighted by Crippen LogP contribution is 2.35. The Bertz CT molecular complexity index is 1230. The minimum atomic E-state index is -4.50. The molecule has 0 saturated heterocycles. The van der Waals surface area contributed by atoms with E-state index in [9.17, 15) is 13.2 Å². The molecule has 0 aliphatic rings. The maximum absolute atomic E-state index is 13.4. The summed E-state index contributed by atoms with van der Waals surface area (Å²) in [6, 6.07) is 20.1. The zero-order valence-electron chi connectivity index (χ0n) is 15.5. The van der Waals surface area contributed by atoms with Crippen LogP contribution in [-0.4, -0.2) is 15.9 Å². The van der Waals surface area contributed by atoms with Crippen LogP contribution in [0, 0.1) is 0 Å². The standard InChI is InChI=1S/C22H15F3N4S/c23-22(24,25)18-11-4-5-12-19(18)28-21-29(27-14-17-10-6-7-13-26-17)20(15-30-21)16-8-2-1-3-9-16/h1-15H. The van der Waals surface area contributed by atoms with Gasteiger partial charge in [-0.3, -0.25) is 4.98 Å². The lowest BCUT2D eigenvalue weighted by Crippen LogP contribution is -2.13. The molecule has 4 rings (SSSR count). The van der Waals surface area contributed by atoms with Crippen LogP contribution in [0.3, 0.4) is 0 Å². The van der Waals surface area contributed by atoms with Gasteiger partial charge in [0.2, 0.25) is 4.80 Å². The molecule has 4 aromatic rings. The number of halogens is 3. The van der Waals surface area contributed by atoms with Gasteiger partial charge in [-0.05, 0) is 24.3 Å². The van der Waals surface area contributed by atoms with Crippen LogP contribution in [-0.2, 0) is 6.18 Å². The normalized spacial score (nSPS) is 12.6. The fourth-order valence-corrected chi connectivity index (χ4v) is 3.63. The second-order valence-electron chi connectivity index (χ2n) is 6.21. The lowest BCUT2D eigenvalue weighted by Gasteiger charge is -2.09. The van der Waals surface area contributed by atoms with Crippen LogP contribution in [0.15, 0.2) is 94.5 Å². The van der Waals surface area contributed by atoms with Gasteiger partial charge in [-0.2, -0.15) is 18.3 Å². The Kier molecular flexibility index (Phi) is 5.58. The zero-order valence-corrected chi connectivity index (χ0v) is 16.3. The van der Waals surface area contributed by atoms with Gasteiger partial charge in [-0.25, -0.2) is 9.67 Å². The van der Waals surface area contributed by atoms with Crippen LogP contribution in [0.5, 0.6) is 0 Å². The number of thiazole rings is 1. The van der Waals surface area contributed by atoms with Gasteiger partial charge in [-0.15, -0.1) is 11.3 Å². The van der Waals surface area contributed by atoms with Gasteiger partial charge in [0.15, 0.2) is 0 Å². The minimum Gasteiger partial charge on any atom is -0.255 e. The van der Waals surface area contributed by atoms with E-state index in [2.05, 4.69) is 15.1 Å².